The van der Waals surface area contributed by atoms with E-state index >= 15 is 0 Å². The summed E-state index contributed by atoms with van der Waals surface area (Å²) in [5.41, 5.74) is 1.02. The summed E-state index contributed by atoms with van der Waals surface area (Å²) in [5.74, 6) is 0.847. The zero-order chi connectivity index (χ0) is 15.7. The maximum atomic E-state index is 11.1. The van der Waals surface area contributed by atoms with Gasteiger partial charge in [0, 0.05) is 24.4 Å². The number of hydrogen-bond acceptors (Lipinski definition) is 3. The minimum absolute atomic E-state index is 0. The molecule has 0 spiro atoms. The summed E-state index contributed by atoms with van der Waals surface area (Å²) in [4.78, 5) is 4.45. The van der Waals surface area contributed by atoms with Crippen LogP contribution < -0.4 is 10.6 Å². The van der Waals surface area contributed by atoms with Crippen LogP contribution in [0.25, 0.3) is 0 Å². The molecule has 1 aromatic carbocycles. The van der Waals surface area contributed by atoms with Crippen LogP contribution in [0.1, 0.15) is 18.9 Å². The van der Waals surface area contributed by atoms with E-state index in [2.05, 4.69) is 15.6 Å². The first-order valence-corrected chi connectivity index (χ1v) is 9.29. The van der Waals surface area contributed by atoms with Crippen LogP contribution in [-0.4, -0.2) is 39.5 Å². The molecule has 126 valence electrons. The largest absolute Gasteiger partial charge is 0.357 e. The third-order valence-corrected chi connectivity index (χ3v) is 3.90. The Hall–Kier alpha value is -0.540. The summed E-state index contributed by atoms with van der Waals surface area (Å²) in [5, 5.41) is 6.93. The standard InChI is InChI=1S/C14H22ClN3O2S.HI/c1-3-16-14(17-8-5-9-21(2,19)20)18-11-12-6-4-7-13(15)10-12;/h4,6-7,10H,3,5,8-9,11H2,1-2H3,(H2,16,17,18);1H. The summed E-state index contributed by atoms with van der Waals surface area (Å²) in [6.07, 6.45) is 1.80. The van der Waals surface area contributed by atoms with Crippen LogP contribution in [0.15, 0.2) is 29.3 Å². The number of sulfone groups is 1. The molecule has 0 saturated carbocycles. The van der Waals surface area contributed by atoms with E-state index in [9.17, 15) is 8.42 Å². The fraction of sp³-hybridized carbons (Fsp3) is 0.500. The molecule has 0 unspecified atom stereocenters. The summed E-state index contributed by atoms with van der Waals surface area (Å²) < 4.78 is 22.1. The molecule has 0 atom stereocenters. The number of rotatable bonds is 7. The number of benzene rings is 1. The summed E-state index contributed by atoms with van der Waals surface area (Å²) in [7, 11) is -2.91. The zero-order valence-electron chi connectivity index (χ0n) is 12.8. The lowest BCUT2D eigenvalue weighted by Gasteiger charge is -2.11. The monoisotopic (exact) mass is 459 g/mol. The van der Waals surface area contributed by atoms with Gasteiger partial charge in [0.05, 0.1) is 12.3 Å². The van der Waals surface area contributed by atoms with Crippen LogP contribution >= 0.6 is 35.6 Å². The van der Waals surface area contributed by atoms with E-state index in [-0.39, 0.29) is 29.7 Å². The average Bonchev–Trinajstić information content (AvgIpc) is 2.39. The first-order chi connectivity index (χ1) is 9.90. The predicted octanol–water partition coefficient (Wildman–Crippen LogP) is 2.45. The fourth-order valence-corrected chi connectivity index (χ4v) is 2.57. The van der Waals surface area contributed by atoms with Crippen LogP contribution in [0, 0.1) is 0 Å². The van der Waals surface area contributed by atoms with Crippen LogP contribution in [0.2, 0.25) is 5.02 Å². The molecule has 8 heteroatoms. The average molecular weight is 460 g/mol. The summed E-state index contributed by atoms with van der Waals surface area (Å²) >= 11 is 5.93. The minimum Gasteiger partial charge on any atom is -0.357 e. The second-order valence-corrected chi connectivity index (χ2v) is 7.43. The Balaban J connectivity index is 0.00000441. The van der Waals surface area contributed by atoms with E-state index < -0.39 is 9.84 Å². The molecule has 0 saturated heterocycles. The molecule has 0 radical (unpaired) electrons. The number of hydrogen-bond donors (Lipinski definition) is 2. The lowest BCUT2D eigenvalue weighted by atomic mass is 10.2. The molecule has 0 amide bonds. The number of guanidine groups is 1. The normalized spacial score (nSPS) is 11.7. The predicted molar refractivity (Wildman–Crippen MR) is 104 cm³/mol. The highest BCUT2D eigenvalue weighted by molar-refractivity contribution is 14.0. The molecule has 1 rings (SSSR count). The van der Waals surface area contributed by atoms with Crippen molar-refractivity contribution in [2.45, 2.75) is 19.9 Å². The van der Waals surface area contributed by atoms with Crippen molar-refractivity contribution in [3.8, 4) is 0 Å². The van der Waals surface area contributed by atoms with Crippen LogP contribution in [0.4, 0.5) is 0 Å². The number of aliphatic imine (C=N–C) groups is 1. The van der Waals surface area contributed by atoms with E-state index in [1.807, 2.05) is 31.2 Å². The number of halogens is 2. The van der Waals surface area contributed by atoms with Crippen LogP contribution in [0.5, 0.6) is 0 Å². The van der Waals surface area contributed by atoms with Gasteiger partial charge in [0.1, 0.15) is 9.84 Å². The van der Waals surface area contributed by atoms with Crippen molar-refractivity contribution >= 4 is 51.4 Å². The molecule has 5 nitrogen and oxygen atoms in total. The Kier molecular flexibility index (Phi) is 10.8. The Morgan fingerprint density at radius 1 is 1.32 bits per heavy atom. The fourth-order valence-electron chi connectivity index (χ4n) is 1.69. The van der Waals surface area contributed by atoms with Crippen molar-refractivity contribution in [2.24, 2.45) is 4.99 Å². The van der Waals surface area contributed by atoms with Crippen molar-refractivity contribution in [3.05, 3.63) is 34.9 Å². The smallest absolute Gasteiger partial charge is 0.191 e. The van der Waals surface area contributed by atoms with E-state index in [4.69, 9.17) is 11.6 Å². The lowest BCUT2D eigenvalue weighted by Crippen LogP contribution is -2.38. The summed E-state index contributed by atoms with van der Waals surface area (Å²) in [6.45, 7) is 3.80. The van der Waals surface area contributed by atoms with Gasteiger partial charge in [0.15, 0.2) is 5.96 Å². The molecule has 0 aliphatic heterocycles. The molecule has 0 aromatic heterocycles. The van der Waals surface area contributed by atoms with E-state index in [1.165, 1.54) is 6.26 Å². The van der Waals surface area contributed by atoms with E-state index in [0.29, 0.717) is 30.5 Å². The van der Waals surface area contributed by atoms with Gasteiger partial charge in [-0.2, -0.15) is 0 Å². The van der Waals surface area contributed by atoms with Gasteiger partial charge in [-0.3, -0.25) is 0 Å². The number of nitrogens with one attached hydrogen (secondary N) is 2. The zero-order valence-corrected chi connectivity index (χ0v) is 16.7. The molecule has 0 bridgehead atoms. The number of nitrogens with zero attached hydrogens (tertiary/aromatic N) is 1. The van der Waals surface area contributed by atoms with Gasteiger partial charge in [-0.05, 0) is 31.0 Å². The first-order valence-electron chi connectivity index (χ1n) is 6.85. The van der Waals surface area contributed by atoms with Gasteiger partial charge in [-0.25, -0.2) is 13.4 Å². The lowest BCUT2D eigenvalue weighted by molar-refractivity contribution is 0.598. The Bertz CT molecular complexity index is 579. The van der Waals surface area contributed by atoms with E-state index in [0.717, 1.165) is 12.1 Å². The minimum atomic E-state index is -2.91. The van der Waals surface area contributed by atoms with Crippen molar-refractivity contribution in [3.63, 3.8) is 0 Å². The topological polar surface area (TPSA) is 70.6 Å². The molecule has 0 heterocycles. The molecular formula is C14H23ClIN3O2S. The van der Waals surface area contributed by atoms with Crippen molar-refractivity contribution in [1.82, 2.24) is 10.6 Å². The van der Waals surface area contributed by atoms with Gasteiger partial charge in [-0.15, -0.1) is 24.0 Å². The molecule has 2 N–H and O–H groups in total. The third-order valence-electron chi connectivity index (χ3n) is 2.64. The Morgan fingerprint density at radius 3 is 2.64 bits per heavy atom. The molecular weight excluding hydrogens is 437 g/mol. The SMILES string of the molecule is CCNC(=NCc1cccc(Cl)c1)NCCCS(C)(=O)=O.I. The highest BCUT2D eigenvalue weighted by atomic mass is 127. The third kappa shape index (κ3) is 10.2. The highest BCUT2D eigenvalue weighted by Gasteiger charge is 2.02. The molecule has 22 heavy (non-hydrogen) atoms. The molecule has 0 aliphatic carbocycles. The van der Waals surface area contributed by atoms with Crippen molar-refractivity contribution in [1.29, 1.82) is 0 Å². The second kappa shape index (κ2) is 11.1. The second-order valence-electron chi connectivity index (χ2n) is 4.74. The maximum absolute atomic E-state index is 11.1. The maximum Gasteiger partial charge on any atom is 0.191 e. The molecule has 0 aliphatic rings. The first kappa shape index (κ1) is 21.5. The van der Waals surface area contributed by atoms with Gasteiger partial charge in [0.25, 0.3) is 0 Å². The van der Waals surface area contributed by atoms with Crippen molar-refractivity contribution in [2.75, 3.05) is 25.1 Å². The van der Waals surface area contributed by atoms with Crippen molar-refractivity contribution < 1.29 is 8.42 Å². The Morgan fingerprint density at radius 2 is 2.05 bits per heavy atom. The van der Waals surface area contributed by atoms with Gasteiger partial charge >= 0.3 is 0 Å². The van der Waals surface area contributed by atoms with Gasteiger partial charge in [-0.1, -0.05) is 23.7 Å². The molecule has 0 fully saturated rings. The quantitative estimate of drug-likeness (QED) is 0.284. The van der Waals surface area contributed by atoms with E-state index in [1.54, 1.807) is 0 Å². The van der Waals surface area contributed by atoms with Gasteiger partial charge in [0.2, 0.25) is 0 Å². The summed E-state index contributed by atoms with van der Waals surface area (Å²) in [6, 6.07) is 7.55. The Labute approximate surface area is 154 Å². The van der Waals surface area contributed by atoms with Crippen LogP contribution in [-0.2, 0) is 16.4 Å². The highest BCUT2D eigenvalue weighted by Crippen LogP contribution is 2.11. The van der Waals surface area contributed by atoms with Crippen LogP contribution in [0.3, 0.4) is 0 Å². The van der Waals surface area contributed by atoms with Gasteiger partial charge < -0.3 is 10.6 Å². The molecule has 1 aromatic rings.